The Balaban J connectivity index is 3.10. The lowest BCUT2D eigenvalue weighted by Gasteiger charge is -1.98. The van der Waals surface area contributed by atoms with Crippen molar-refractivity contribution in [2.24, 2.45) is 7.05 Å². The molecule has 1 aromatic rings. The highest BCUT2D eigenvalue weighted by Gasteiger charge is 2.13. The fourth-order valence-electron chi connectivity index (χ4n) is 1.12. The molecular weight excluding hydrogens is 182 g/mol. The van der Waals surface area contributed by atoms with Gasteiger partial charge in [-0.05, 0) is 12.1 Å². The first kappa shape index (κ1) is 10.2. The molecule has 0 aliphatic carbocycles. The summed E-state index contributed by atoms with van der Waals surface area (Å²) in [6.45, 7) is 3.37. The van der Waals surface area contributed by atoms with Crippen molar-refractivity contribution in [2.45, 2.75) is 0 Å². The number of nitrogens with zero attached hydrogens (tertiary/aromatic N) is 1. The van der Waals surface area contributed by atoms with Gasteiger partial charge in [0.15, 0.2) is 5.78 Å². The number of ketones is 1. The van der Waals surface area contributed by atoms with E-state index in [1.165, 1.54) is 19.3 Å². The predicted octanol–water partition coefficient (Wildman–Crippen LogP) is 1.18. The first-order valence-corrected chi connectivity index (χ1v) is 4.01. The Kier molecular flexibility index (Phi) is 2.86. The van der Waals surface area contributed by atoms with Crippen LogP contribution in [-0.2, 0) is 11.8 Å². The van der Waals surface area contributed by atoms with E-state index >= 15 is 0 Å². The molecule has 0 saturated heterocycles. The normalized spacial score (nSPS) is 9.57. The number of ether oxygens (including phenoxy) is 1. The van der Waals surface area contributed by atoms with Crippen molar-refractivity contribution in [3.05, 3.63) is 36.2 Å². The monoisotopic (exact) mass is 193 g/mol. The maximum absolute atomic E-state index is 11.2. The molecule has 0 amide bonds. The van der Waals surface area contributed by atoms with E-state index in [2.05, 4.69) is 11.3 Å². The molecule has 1 aromatic heterocycles. The molecule has 0 saturated carbocycles. The maximum Gasteiger partial charge on any atom is 0.354 e. The molecule has 74 valence electrons. The molecule has 1 rings (SSSR count). The molecule has 4 nitrogen and oxygen atoms in total. The van der Waals surface area contributed by atoms with Crippen LogP contribution >= 0.6 is 0 Å². The molecule has 0 radical (unpaired) electrons. The minimum absolute atomic E-state index is 0.212. The van der Waals surface area contributed by atoms with Crippen molar-refractivity contribution in [1.29, 1.82) is 0 Å². The molecule has 0 aliphatic rings. The van der Waals surface area contributed by atoms with Crippen LogP contribution in [0.15, 0.2) is 24.9 Å². The number of carbonyl (C=O) groups is 2. The van der Waals surface area contributed by atoms with Crippen LogP contribution in [0.2, 0.25) is 0 Å². The molecule has 0 spiro atoms. The van der Waals surface area contributed by atoms with Crippen molar-refractivity contribution in [2.75, 3.05) is 7.11 Å². The Morgan fingerprint density at radius 3 is 2.71 bits per heavy atom. The van der Waals surface area contributed by atoms with Crippen LogP contribution in [0, 0.1) is 0 Å². The molecule has 1 heterocycles. The van der Waals surface area contributed by atoms with Gasteiger partial charge in [-0.2, -0.15) is 0 Å². The third kappa shape index (κ3) is 1.74. The highest BCUT2D eigenvalue weighted by atomic mass is 16.5. The number of allylic oxidation sites excluding steroid dienone is 1. The maximum atomic E-state index is 11.2. The molecule has 0 atom stereocenters. The quantitative estimate of drug-likeness (QED) is 0.411. The third-order valence-electron chi connectivity index (χ3n) is 1.87. The summed E-state index contributed by atoms with van der Waals surface area (Å²) in [7, 11) is 2.97. The SMILES string of the molecule is C=CC(=O)c1cc(C(=O)OC)n(C)c1. The van der Waals surface area contributed by atoms with Gasteiger partial charge in [-0.1, -0.05) is 6.58 Å². The lowest BCUT2D eigenvalue weighted by molar-refractivity contribution is 0.0590. The van der Waals surface area contributed by atoms with Gasteiger partial charge in [-0.15, -0.1) is 0 Å². The van der Waals surface area contributed by atoms with Gasteiger partial charge in [-0.25, -0.2) is 4.79 Å². The summed E-state index contributed by atoms with van der Waals surface area (Å²) >= 11 is 0. The van der Waals surface area contributed by atoms with Gasteiger partial charge in [0.25, 0.3) is 0 Å². The Morgan fingerprint density at radius 1 is 1.57 bits per heavy atom. The van der Waals surface area contributed by atoms with E-state index in [1.54, 1.807) is 17.8 Å². The van der Waals surface area contributed by atoms with E-state index in [0.717, 1.165) is 0 Å². The van der Waals surface area contributed by atoms with Gasteiger partial charge < -0.3 is 9.30 Å². The van der Waals surface area contributed by atoms with Crippen LogP contribution in [0.4, 0.5) is 0 Å². The number of hydrogen-bond acceptors (Lipinski definition) is 3. The fourth-order valence-corrected chi connectivity index (χ4v) is 1.12. The van der Waals surface area contributed by atoms with Gasteiger partial charge >= 0.3 is 5.97 Å². The third-order valence-corrected chi connectivity index (χ3v) is 1.87. The van der Waals surface area contributed by atoms with Crippen LogP contribution in [0.3, 0.4) is 0 Å². The summed E-state index contributed by atoms with van der Waals surface area (Å²) in [5.74, 6) is -0.675. The van der Waals surface area contributed by atoms with Gasteiger partial charge in [-0.3, -0.25) is 4.79 Å². The average molecular weight is 193 g/mol. The first-order chi connectivity index (χ1) is 6.60. The molecule has 0 aliphatic heterocycles. The molecule has 0 unspecified atom stereocenters. The number of carbonyl (C=O) groups excluding carboxylic acids is 2. The zero-order valence-corrected chi connectivity index (χ0v) is 8.11. The van der Waals surface area contributed by atoms with Gasteiger partial charge in [0.2, 0.25) is 0 Å². The van der Waals surface area contributed by atoms with Crippen molar-refractivity contribution in [3.63, 3.8) is 0 Å². The van der Waals surface area contributed by atoms with Crippen LogP contribution in [0.25, 0.3) is 0 Å². The lowest BCUT2D eigenvalue weighted by Crippen LogP contribution is -2.06. The van der Waals surface area contributed by atoms with Crippen LogP contribution in [-0.4, -0.2) is 23.4 Å². The second kappa shape index (κ2) is 3.91. The number of esters is 1. The highest BCUT2D eigenvalue weighted by molar-refractivity contribution is 6.05. The van der Waals surface area contributed by atoms with E-state index in [9.17, 15) is 9.59 Å². The largest absolute Gasteiger partial charge is 0.464 e. The zero-order chi connectivity index (χ0) is 10.7. The Morgan fingerprint density at radius 2 is 2.21 bits per heavy atom. The first-order valence-electron chi connectivity index (χ1n) is 4.01. The fraction of sp³-hybridized carbons (Fsp3) is 0.200. The minimum atomic E-state index is -0.462. The summed E-state index contributed by atoms with van der Waals surface area (Å²) in [5, 5.41) is 0. The molecule has 4 heteroatoms. The van der Waals surface area contributed by atoms with Gasteiger partial charge in [0.05, 0.1) is 7.11 Å². The van der Waals surface area contributed by atoms with Crippen molar-refractivity contribution in [3.8, 4) is 0 Å². The van der Waals surface area contributed by atoms with Crippen LogP contribution in [0.5, 0.6) is 0 Å². The zero-order valence-electron chi connectivity index (χ0n) is 8.11. The Hall–Kier alpha value is -1.84. The predicted molar refractivity (Wildman–Crippen MR) is 51.3 cm³/mol. The van der Waals surface area contributed by atoms with E-state index < -0.39 is 5.97 Å². The molecule has 0 bridgehead atoms. The molecule has 14 heavy (non-hydrogen) atoms. The van der Waals surface area contributed by atoms with E-state index in [4.69, 9.17) is 0 Å². The number of hydrogen-bond donors (Lipinski definition) is 0. The molecule has 0 N–H and O–H groups in total. The van der Waals surface area contributed by atoms with Gasteiger partial charge in [0, 0.05) is 18.8 Å². The standard InChI is InChI=1S/C10H11NO3/c1-4-9(12)7-5-8(10(13)14-3)11(2)6-7/h4-6H,1H2,2-3H3. The highest BCUT2D eigenvalue weighted by Crippen LogP contribution is 2.09. The summed E-state index contributed by atoms with van der Waals surface area (Å²) in [5.41, 5.74) is 0.778. The van der Waals surface area contributed by atoms with Crippen LogP contribution < -0.4 is 0 Å². The van der Waals surface area contributed by atoms with Crippen molar-refractivity contribution < 1.29 is 14.3 Å². The second-order valence-electron chi connectivity index (χ2n) is 2.78. The summed E-state index contributed by atoms with van der Waals surface area (Å²) in [6, 6.07) is 1.48. The average Bonchev–Trinajstić information content (AvgIpc) is 2.58. The molecule has 0 fully saturated rings. The summed E-state index contributed by atoms with van der Waals surface area (Å²) in [4.78, 5) is 22.4. The molecule has 0 aromatic carbocycles. The van der Waals surface area contributed by atoms with E-state index in [0.29, 0.717) is 11.3 Å². The summed E-state index contributed by atoms with van der Waals surface area (Å²) < 4.78 is 6.09. The number of rotatable bonds is 3. The minimum Gasteiger partial charge on any atom is -0.464 e. The Labute approximate surface area is 81.8 Å². The lowest BCUT2D eigenvalue weighted by atomic mass is 10.2. The van der Waals surface area contributed by atoms with Gasteiger partial charge in [0.1, 0.15) is 5.69 Å². The van der Waals surface area contributed by atoms with E-state index in [1.807, 2.05) is 0 Å². The number of aryl methyl sites for hydroxylation is 1. The smallest absolute Gasteiger partial charge is 0.354 e. The topological polar surface area (TPSA) is 48.3 Å². The Bertz CT molecular complexity index is 390. The van der Waals surface area contributed by atoms with Crippen LogP contribution in [0.1, 0.15) is 20.8 Å². The van der Waals surface area contributed by atoms with Crippen molar-refractivity contribution in [1.82, 2.24) is 4.57 Å². The van der Waals surface area contributed by atoms with Crippen molar-refractivity contribution >= 4 is 11.8 Å². The number of methoxy groups -OCH3 is 1. The molecular formula is C10H11NO3. The number of aromatic nitrogens is 1. The second-order valence-corrected chi connectivity index (χ2v) is 2.78. The summed E-state index contributed by atoms with van der Waals surface area (Å²) in [6.07, 6.45) is 2.77. The van der Waals surface area contributed by atoms with E-state index in [-0.39, 0.29) is 5.78 Å².